The van der Waals surface area contributed by atoms with E-state index in [9.17, 15) is 13.7 Å². The van der Waals surface area contributed by atoms with Crippen molar-refractivity contribution in [2.24, 2.45) is 0 Å². The van der Waals surface area contributed by atoms with E-state index in [-0.39, 0.29) is 11.6 Å². The summed E-state index contributed by atoms with van der Waals surface area (Å²) in [6.45, 7) is 7.69. The Balaban J connectivity index is 1.74. The number of nitriles is 1. The number of hydrogen-bond acceptors (Lipinski definition) is 5. The van der Waals surface area contributed by atoms with Gasteiger partial charge in [-0.25, -0.2) is 8.42 Å². The molecule has 0 fully saturated rings. The first-order chi connectivity index (χ1) is 17.6. The lowest BCUT2D eigenvalue weighted by Gasteiger charge is -2.40. The monoisotopic (exact) mass is 553 g/mol. The number of benzene rings is 3. The minimum Gasteiger partial charge on any atom is -0.365 e. The fourth-order valence-electron chi connectivity index (χ4n) is 4.42. The standard InChI is InChI=1S/C28H32ClN3O3SSi/c1-37(2,3)15-14-35-21-32(36(33,34)27-10-5-4-6-11-27)26-17-23-16-22(19-30)12-13-28(23)31(20-26)25-9-7-8-24(29)18-25/h4-13,16,18,26H,14-15,17,20-21H2,1-3H3. The fourth-order valence-corrected chi connectivity index (χ4v) is 6.88. The zero-order valence-corrected chi connectivity index (χ0v) is 24.0. The van der Waals surface area contributed by atoms with Crippen LogP contribution in [0.2, 0.25) is 30.7 Å². The van der Waals surface area contributed by atoms with Crippen LogP contribution in [0, 0.1) is 11.3 Å². The van der Waals surface area contributed by atoms with Crippen LogP contribution in [0.25, 0.3) is 0 Å². The lowest BCUT2D eigenvalue weighted by molar-refractivity contribution is 0.0619. The van der Waals surface area contributed by atoms with Gasteiger partial charge in [-0.1, -0.05) is 55.5 Å². The summed E-state index contributed by atoms with van der Waals surface area (Å²) in [5.41, 5.74) is 3.24. The molecule has 0 spiro atoms. The van der Waals surface area contributed by atoms with Crippen LogP contribution >= 0.6 is 11.6 Å². The third-order valence-electron chi connectivity index (χ3n) is 6.44. The van der Waals surface area contributed by atoms with E-state index in [0.717, 1.165) is 23.0 Å². The summed E-state index contributed by atoms with van der Waals surface area (Å²) in [4.78, 5) is 2.31. The molecule has 0 saturated heterocycles. The smallest absolute Gasteiger partial charge is 0.245 e. The van der Waals surface area contributed by atoms with Gasteiger partial charge in [-0.3, -0.25) is 0 Å². The average molecular weight is 554 g/mol. The lowest BCUT2D eigenvalue weighted by Crippen LogP contribution is -2.50. The molecule has 37 heavy (non-hydrogen) atoms. The maximum atomic E-state index is 13.9. The summed E-state index contributed by atoms with van der Waals surface area (Å²) < 4.78 is 35.3. The van der Waals surface area contributed by atoms with E-state index in [1.165, 1.54) is 4.31 Å². The van der Waals surface area contributed by atoms with Crippen LogP contribution in [0.3, 0.4) is 0 Å². The van der Waals surface area contributed by atoms with Crippen LogP contribution in [0.4, 0.5) is 11.4 Å². The Bertz CT molecular complexity index is 1390. The Hall–Kier alpha value is -2.67. The van der Waals surface area contributed by atoms with Gasteiger partial charge in [0.25, 0.3) is 0 Å². The second-order valence-electron chi connectivity index (χ2n) is 10.5. The van der Waals surface area contributed by atoms with E-state index < -0.39 is 24.1 Å². The molecule has 3 aromatic rings. The zero-order chi connectivity index (χ0) is 26.6. The van der Waals surface area contributed by atoms with Gasteiger partial charge in [-0.15, -0.1) is 0 Å². The maximum Gasteiger partial charge on any atom is 0.245 e. The molecule has 1 heterocycles. The molecule has 1 unspecified atom stereocenters. The minimum atomic E-state index is -3.85. The predicted molar refractivity (Wildman–Crippen MR) is 152 cm³/mol. The average Bonchev–Trinajstić information content (AvgIpc) is 2.87. The lowest BCUT2D eigenvalue weighted by atomic mass is 9.95. The molecule has 0 amide bonds. The molecule has 3 aromatic carbocycles. The molecular weight excluding hydrogens is 522 g/mol. The second kappa shape index (κ2) is 11.4. The predicted octanol–water partition coefficient (Wildman–Crippen LogP) is 6.28. The number of anilines is 2. The van der Waals surface area contributed by atoms with E-state index in [4.69, 9.17) is 16.3 Å². The number of rotatable bonds is 9. The summed E-state index contributed by atoms with van der Waals surface area (Å²) >= 11 is 6.32. The third-order valence-corrected chi connectivity index (χ3v) is 10.3. The van der Waals surface area contributed by atoms with Crippen molar-refractivity contribution >= 4 is 41.1 Å². The van der Waals surface area contributed by atoms with Gasteiger partial charge in [0.2, 0.25) is 10.0 Å². The van der Waals surface area contributed by atoms with Crippen LogP contribution < -0.4 is 4.90 Å². The number of halogens is 1. The van der Waals surface area contributed by atoms with Crippen molar-refractivity contribution in [3.63, 3.8) is 0 Å². The number of fused-ring (bicyclic) bond motifs is 1. The Morgan fingerprint density at radius 2 is 1.84 bits per heavy atom. The Kier molecular flexibility index (Phi) is 8.41. The molecule has 1 aliphatic rings. The van der Waals surface area contributed by atoms with Gasteiger partial charge in [-0.2, -0.15) is 9.57 Å². The van der Waals surface area contributed by atoms with Crippen LogP contribution in [0.15, 0.2) is 77.7 Å². The Morgan fingerprint density at radius 1 is 1.08 bits per heavy atom. The Labute approximate surface area is 226 Å². The van der Waals surface area contributed by atoms with Gasteiger partial charge in [0.1, 0.15) is 6.73 Å². The van der Waals surface area contributed by atoms with Gasteiger partial charge in [0, 0.05) is 43.7 Å². The first-order valence-electron chi connectivity index (χ1n) is 12.3. The summed E-state index contributed by atoms with van der Waals surface area (Å²) in [5.74, 6) is 0. The van der Waals surface area contributed by atoms with Crippen molar-refractivity contribution in [2.75, 3.05) is 24.8 Å². The summed E-state index contributed by atoms with van der Waals surface area (Å²) in [5, 5.41) is 10.1. The van der Waals surface area contributed by atoms with Crippen molar-refractivity contribution < 1.29 is 13.2 Å². The van der Waals surface area contributed by atoms with Crippen LogP contribution in [0.1, 0.15) is 11.1 Å². The number of sulfonamides is 1. The molecule has 0 radical (unpaired) electrons. The van der Waals surface area contributed by atoms with E-state index in [0.29, 0.717) is 30.2 Å². The highest BCUT2D eigenvalue weighted by Crippen LogP contribution is 2.37. The van der Waals surface area contributed by atoms with Gasteiger partial charge in [-0.05, 0) is 66.6 Å². The van der Waals surface area contributed by atoms with Gasteiger partial charge < -0.3 is 9.64 Å². The SMILES string of the molecule is C[Si](C)(C)CCOCN(C1Cc2cc(C#N)ccc2N(c2cccc(Cl)c2)C1)S(=O)(=O)c1ccccc1. The molecule has 6 nitrogen and oxygen atoms in total. The van der Waals surface area contributed by atoms with E-state index >= 15 is 0 Å². The minimum absolute atomic E-state index is 0.0387. The number of hydrogen-bond donors (Lipinski definition) is 0. The van der Waals surface area contributed by atoms with E-state index in [1.807, 2.05) is 36.4 Å². The van der Waals surface area contributed by atoms with E-state index in [1.54, 1.807) is 36.4 Å². The highest BCUT2D eigenvalue weighted by molar-refractivity contribution is 7.89. The summed E-state index contributed by atoms with van der Waals surface area (Å²) in [6.07, 6.45) is 0.464. The number of nitrogens with zero attached hydrogens (tertiary/aromatic N) is 3. The normalized spacial score (nSPS) is 15.9. The van der Waals surface area contributed by atoms with Crippen LogP contribution in [-0.4, -0.2) is 46.7 Å². The van der Waals surface area contributed by atoms with Crippen molar-refractivity contribution in [3.8, 4) is 6.07 Å². The molecule has 0 aliphatic carbocycles. The van der Waals surface area contributed by atoms with Gasteiger partial charge in [0.15, 0.2) is 0 Å². The quantitative estimate of drug-likeness (QED) is 0.177. The van der Waals surface area contributed by atoms with Crippen LogP contribution in [-0.2, 0) is 21.2 Å². The molecular formula is C28H32ClN3O3SSi. The van der Waals surface area contributed by atoms with Crippen molar-refractivity contribution in [1.29, 1.82) is 5.26 Å². The fraction of sp³-hybridized carbons (Fsp3) is 0.321. The van der Waals surface area contributed by atoms with Gasteiger partial charge >= 0.3 is 0 Å². The highest BCUT2D eigenvalue weighted by atomic mass is 35.5. The number of ether oxygens (including phenoxy) is 1. The first kappa shape index (κ1) is 27.4. The molecule has 0 saturated carbocycles. The maximum absolute atomic E-state index is 13.9. The molecule has 194 valence electrons. The Morgan fingerprint density at radius 3 is 2.51 bits per heavy atom. The second-order valence-corrected chi connectivity index (χ2v) is 18.4. The first-order valence-corrected chi connectivity index (χ1v) is 17.8. The zero-order valence-electron chi connectivity index (χ0n) is 21.4. The summed E-state index contributed by atoms with van der Waals surface area (Å²) in [6, 6.07) is 24.3. The molecule has 0 bridgehead atoms. The van der Waals surface area contributed by atoms with Crippen LogP contribution in [0.5, 0.6) is 0 Å². The van der Waals surface area contributed by atoms with E-state index in [2.05, 4.69) is 30.6 Å². The molecule has 4 rings (SSSR count). The summed E-state index contributed by atoms with van der Waals surface area (Å²) in [7, 11) is -5.19. The third kappa shape index (κ3) is 6.61. The van der Waals surface area contributed by atoms with Gasteiger partial charge in [0.05, 0.1) is 16.5 Å². The molecule has 0 N–H and O–H groups in total. The van der Waals surface area contributed by atoms with Crippen molar-refractivity contribution in [2.45, 2.75) is 43.0 Å². The molecule has 9 heteroatoms. The van der Waals surface area contributed by atoms with Crippen molar-refractivity contribution in [3.05, 3.63) is 88.9 Å². The largest absolute Gasteiger partial charge is 0.365 e. The highest BCUT2D eigenvalue weighted by Gasteiger charge is 2.37. The molecule has 1 aliphatic heterocycles. The molecule has 1 atom stereocenters. The topological polar surface area (TPSA) is 73.6 Å². The molecule has 0 aromatic heterocycles. The van der Waals surface area contributed by atoms with Crippen molar-refractivity contribution in [1.82, 2.24) is 4.31 Å².